The number of nitrogen functional groups attached to an aromatic ring is 1. The maximum Gasteiger partial charge on any atom is 0.251 e. The number of aryl methyl sites for hydroxylation is 1. The maximum absolute atomic E-state index is 11.6. The maximum atomic E-state index is 11.6. The van der Waals surface area contributed by atoms with Crippen LogP contribution in [0.5, 0.6) is 11.5 Å². The predicted octanol–water partition coefficient (Wildman–Crippen LogP) is 1.35. The van der Waals surface area contributed by atoms with E-state index >= 15 is 0 Å². The van der Waals surface area contributed by atoms with Gasteiger partial charge in [0.05, 0.1) is 11.4 Å². The Balaban J connectivity index is 2.13. The summed E-state index contributed by atoms with van der Waals surface area (Å²) in [5.74, 6) is 1.79. The average molecular weight is 273 g/mol. The van der Waals surface area contributed by atoms with E-state index in [9.17, 15) is 4.79 Å². The number of anilines is 1. The van der Waals surface area contributed by atoms with Crippen LogP contribution in [-0.4, -0.2) is 23.2 Å². The lowest BCUT2D eigenvalue weighted by molar-refractivity contribution is 0.173. The fourth-order valence-electron chi connectivity index (χ4n) is 2.15. The van der Waals surface area contributed by atoms with E-state index in [2.05, 4.69) is 9.97 Å². The van der Waals surface area contributed by atoms with Crippen molar-refractivity contribution in [1.29, 1.82) is 0 Å². The van der Waals surface area contributed by atoms with E-state index in [1.54, 1.807) is 12.1 Å². The topological polar surface area (TPSA) is 90.2 Å². The van der Waals surface area contributed by atoms with Crippen molar-refractivity contribution in [3.8, 4) is 22.8 Å². The number of rotatable bonds is 2. The molecule has 1 aliphatic heterocycles. The van der Waals surface area contributed by atoms with Crippen molar-refractivity contribution < 1.29 is 9.47 Å². The Kier molecular flexibility index (Phi) is 3.06. The molecule has 0 saturated heterocycles. The summed E-state index contributed by atoms with van der Waals surface area (Å²) in [5.41, 5.74) is 7.59. The summed E-state index contributed by atoms with van der Waals surface area (Å²) >= 11 is 0. The lowest BCUT2D eigenvalue weighted by Gasteiger charge is -2.20. The van der Waals surface area contributed by atoms with Gasteiger partial charge in [-0.3, -0.25) is 4.79 Å². The van der Waals surface area contributed by atoms with Crippen molar-refractivity contribution >= 4 is 5.69 Å². The Labute approximate surface area is 115 Å². The molecule has 0 saturated carbocycles. The molecule has 3 rings (SSSR count). The SMILES string of the molecule is CCc1nc(-c2cc(N)c3c(c2)OCCO3)cc(=O)[nH]1. The zero-order valence-corrected chi connectivity index (χ0v) is 11.1. The first-order chi connectivity index (χ1) is 9.67. The lowest BCUT2D eigenvalue weighted by Crippen LogP contribution is -2.16. The molecular weight excluding hydrogens is 258 g/mol. The quantitative estimate of drug-likeness (QED) is 0.806. The van der Waals surface area contributed by atoms with E-state index in [1.165, 1.54) is 6.07 Å². The first-order valence-corrected chi connectivity index (χ1v) is 6.47. The second kappa shape index (κ2) is 4.88. The highest BCUT2D eigenvalue weighted by Gasteiger charge is 2.17. The van der Waals surface area contributed by atoms with E-state index in [0.717, 1.165) is 5.56 Å². The Hall–Kier alpha value is -2.50. The van der Waals surface area contributed by atoms with Gasteiger partial charge in [0, 0.05) is 18.1 Å². The fourth-order valence-corrected chi connectivity index (χ4v) is 2.15. The minimum absolute atomic E-state index is 0.180. The van der Waals surface area contributed by atoms with Crippen LogP contribution in [0.2, 0.25) is 0 Å². The highest BCUT2D eigenvalue weighted by molar-refractivity contribution is 5.73. The summed E-state index contributed by atoms with van der Waals surface area (Å²) in [4.78, 5) is 18.7. The van der Waals surface area contributed by atoms with E-state index in [4.69, 9.17) is 15.2 Å². The zero-order valence-electron chi connectivity index (χ0n) is 11.1. The minimum atomic E-state index is -0.180. The van der Waals surface area contributed by atoms with Crippen molar-refractivity contribution in [3.63, 3.8) is 0 Å². The molecule has 0 unspecified atom stereocenters. The number of aromatic amines is 1. The molecule has 2 heterocycles. The molecule has 20 heavy (non-hydrogen) atoms. The van der Waals surface area contributed by atoms with Gasteiger partial charge in [-0.25, -0.2) is 4.98 Å². The summed E-state index contributed by atoms with van der Waals surface area (Å²) in [6.45, 7) is 2.90. The van der Waals surface area contributed by atoms with Crippen LogP contribution in [0.25, 0.3) is 11.3 Å². The third kappa shape index (κ3) is 2.20. The van der Waals surface area contributed by atoms with Gasteiger partial charge in [-0.05, 0) is 12.1 Å². The Morgan fingerprint density at radius 3 is 2.90 bits per heavy atom. The molecule has 0 amide bonds. The Morgan fingerprint density at radius 1 is 1.30 bits per heavy atom. The van der Waals surface area contributed by atoms with Crippen LogP contribution < -0.4 is 20.8 Å². The van der Waals surface area contributed by atoms with E-state index in [0.29, 0.717) is 48.3 Å². The van der Waals surface area contributed by atoms with Gasteiger partial charge < -0.3 is 20.2 Å². The van der Waals surface area contributed by atoms with Gasteiger partial charge in [0.1, 0.15) is 19.0 Å². The third-order valence-electron chi connectivity index (χ3n) is 3.09. The first-order valence-electron chi connectivity index (χ1n) is 6.47. The van der Waals surface area contributed by atoms with Crippen LogP contribution in [0.4, 0.5) is 5.69 Å². The molecule has 6 nitrogen and oxygen atoms in total. The average Bonchev–Trinajstić information content (AvgIpc) is 2.46. The summed E-state index contributed by atoms with van der Waals surface area (Å²) < 4.78 is 11.0. The normalized spacial score (nSPS) is 13.2. The molecular formula is C14H15N3O3. The van der Waals surface area contributed by atoms with E-state index in [-0.39, 0.29) is 5.56 Å². The number of benzene rings is 1. The number of aromatic nitrogens is 2. The van der Waals surface area contributed by atoms with Crippen molar-refractivity contribution in [2.24, 2.45) is 0 Å². The molecule has 0 atom stereocenters. The second-order valence-corrected chi connectivity index (χ2v) is 4.52. The van der Waals surface area contributed by atoms with E-state index in [1.807, 2.05) is 6.92 Å². The Morgan fingerprint density at radius 2 is 2.10 bits per heavy atom. The summed E-state index contributed by atoms with van der Waals surface area (Å²) in [6.07, 6.45) is 0.656. The fraction of sp³-hybridized carbons (Fsp3) is 0.286. The number of H-pyrrole nitrogens is 1. The number of nitrogens with zero attached hydrogens (tertiary/aromatic N) is 1. The molecule has 0 radical (unpaired) electrons. The van der Waals surface area contributed by atoms with Gasteiger partial charge in [-0.15, -0.1) is 0 Å². The summed E-state index contributed by atoms with van der Waals surface area (Å²) in [6, 6.07) is 4.99. The van der Waals surface area contributed by atoms with Gasteiger partial charge in [0.2, 0.25) is 0 Å². The zero-order chi connectivity index (χ0) is 14.1. The molecule has 0 bridgehead atoms. The standard InChI is InChI=1S/C14H15N3O3/c1-2-12-16-10(7-13(18)17-12)8-5-9(15)14-11(6-8)19-3-4-20-14/h5-7H,2-4,15H2,1H3,(H,16,17,18). The molecule has 1 aromatic carbocycles. The highest BCUT2D eigenvalue weighted by Crippen LogP contribution is 2.39. The number of nitrogens with one attached hydrogen (secondary N) is 1. The van der Waals surface area contributed by atoms with Crippen LogP contribution in [0.15, 0.2) is 23.0 Å². The number of nitrogens with two attached hydrogens (primary N) is 1. The van der Waals surface area contributed by atoms with Crippen molar-refractivity contribution in [1.82, 2.24) is 9.97 Å². The molecule has 3 N–H and O–H groups in total. The highest BCUT2D eigenvalue weighted by atomic mass is 16.6. The van der Waals surface area contributed by atoms with E-state index < -0.39 is 0 Å². The number of hydrogen-bond acceptors (Lipinski definition) is 5. The minimum Gasteiger partial charge on any atom is -0.486 e. The monoisotopic (exact) mass is 273 g/mol. The number of hydrogen-bond donors (Lipinski definition) is 2. The molecule has 104 valence electrons. The smallest absolute Gasteiger partial charge is 0.251 e. The van der Waals surface area contributed by atoms with Crippen molar-refractivity contribution in [2.75, 3.05) is 18.9 Å². The van der Waals surface area contributed by atoms with Crippen LogP contribution in [0, 0.1) is 0 Å². The van der Waals surface area contributed by atoms with Gasteiger partial charge in [0.25, 0.3) is 5.56 Å². The van der Waals surface area contributed by atoms with Crippen LogP contribution in [0.3, 0.4) is 0 Å². The molecule has 0 fully saturated rings. The van der Waals surface area contributed by atoms with Crippen LogP contribution in [-0.2, 0) is 6.42 Å². The summed E-state index contributed by atoms with van der Waals surface area (Å²) in [7, 11) is 0. The summed E-state index contributed by atoms with van der Waals surface area (Å²) in [5, 5.41) is 0. The van der Waals surface area contributed by atoms with Crippen LogP contribution in [0.1, 0.15) is 12.7 Å². The van der Waals surface area contributed by atoms with Gasteiger partial charge in [-0.1, -0.05) is 6.92 Å². The molecule has 6 heteroatoms. The van der Waals surface area contributed by atoms with Gasteiger partial charge >= 0.3 is 0 Å². The van der Waals surface area contributed by atoms with Gasteiger partial charge in [-0.2, -0.15) is 0 Å². The largest absolute Gasteiger partial charge is 0.486 e. The molecule has 0 aliphatic carbocycles. The predicted molar refractivity (Wildman–Crippen MR) is 75.1 cm³/mol. The second-order valence-electron chi connectivity index (χ2n) is 4.52. The Bertz CT molecular complexity index is 709. The number of fused-ring (bicyclic) bond motifs is 1. The third-order valence-corrected chi connectivity index (χ3v) is 3.09. The van der Waals surface area contributed by atoms with Crippen molar-refractivity contribution in [3.05, 3.63) is 34.4 Å². The molecule has 1 aliphatic rings. The molecule has 0 spiro atoms. The van der Waals surface area contributed by atoms with Crippen LogP contribution >= 0.6 is 0 Å². The van der Waals surface area contributed by atoms with Crippen molar-refractivity contribution in [2.45, 2.75) is 13.3 Å². The lowest BCUT2D eigenvalue weighted by atomic mass is 10.1. The number of ether oxygens (including phenoxy) is 2. The first kappa shape index (κ1) is 12.5. The molecule has 1 aromatic heterocycles. The molecule has 2 aromatic rings. The van der Waals surface area contributed by atoms with Gasteiger partial charge in [0.15, 0.2) is 11.5 Å².